The minimum absolute atomic E-state index is 0.0568. The Labute approximate surface area is 154 Å². The smallest absolute Gasteiger partial charge is 0.231 e. The molecule has 1 aromatic rings. The number of amides is 1. The molecule has 1 aromatic heterocycles. The molecule has 0 unspecified atom stereocenters. The lowest BCUT2D eigenvalue weighted by atomic mass is 9.73. The summed E-state index contributed by atoms with van der Waals surface area (Å²) in [7, 11) is 3.16. The second kappa shape index (κ2) is 8.07. The van der Waals surface area contributed by atoms with Gasteiger partial charge in [0.2, 0.25) is 23.6 Å². The van der Waals surface area contributed by atoms with Crippen LogP contribution in [0.1, 0.15) is 32.1 Å². The van der Waals surface area contributed by atoms with Crippen LogP contribution in [0.15, 0.2) is 6.07 Å². The molecule has 0 radical (unpaired) electrons. The molecule has 8 nitrogen and oxygen atoms in total. The van der Waals surface area contributed by atoms with Gasteiger partial charge in [0.05, 0.1) is 20.3 Å². The van der Waals surface area contributed by atoms with E-state index in [0.29, 0.717) is 37.1 Å². The zero-order chi connectivity index (χ0) is 18.6. The number of rotatable bonds is 6. The van der Waals surface area contributed by atoms with Crippen LogP contribution in [0, 0.1) is 5.41 Å². The normalized spacial score (nSPS) is 23.4. The fourth-order valence-corrected chi connectivity index (χ4v) is 4.02. The van der Waals surface area contributed by atoms with E-state index in [4.69, 9.17) is 14.6 Å². The van der Waals surface area contributed by atoms with Gasteiger partial charge in [0.15, 0.2) is 0 Å². The zero-order valence-corrected chi connectivity index (χ0v) is 15.6. The van der Waals surface area contributed by atoms with Crippen molar-refractivity contribution in [3.63, 3.8) is 0 Å². The van der Waals surface area contributed by atoms with Gasteiger partial charge in [-0.05, 0) is 25.7 Å². The maximum absolute atomic E-state index is 12.2. The quantitative estimate of drug-likeness (QED) is 0.808. The molecule has 144 valence electrons. The van der Waals surface area contributed by atoms with Crippen LogP contribution in [0.4, 0.5) is 5.95 Å². The van der Waals surface area contributed by atoms with Crippen molar-refractivity contribution in [2.24, 2.45) is 5.41 Å². The third-order valence-corrected chi connectivity index (χ3v) is 5.36. The Morgan fingerprint density at radius 3 is 2.58 bits per heavy atom. The summed E-state index contributed by atoms with van der Waals surface area (Å²) < 4.78 is 10.5. The molecule has 2 aliphatic rings. The molecule has 3 heterocycles. The number of nitrogens with zero attached hydrogens (tertiary/aromatic N) is 4. The van der Waals surface area contributed by atoms with Crippen LogP contribution in [0.25, 0.3) is 0 Å². The van der Waals surface area contributed by atoms with Crippen molar-refractivity contribution < 1.29 is 19.4 Å². The Morgan fingerprint density at radius 2 is 1.92 bits per heavy atom. The van der Waals surface area contributed by atoms with Gasteiger partial charge in [-0.2, -0.15) is 9.97 Å². The molecule has 1 spiro atoms. The third kappa shape index (κ3) is 4.00. The minimum atomic E-state index is 0.0568. The van der Waals surface area contributed by atoms with E-state index in [1.165, 1.54) is 0 Å². The summed E-state index contributed by atoms with van der Waals surface area (Å²) in [6, 6.07) is 1.67. The lowest BCUT2D eigenvalue weighted by Crippen LogP contribution is -2.54. The molecule has 2 aliphatic heterocycles. The first kappa shape index (κ1) is 18.7. The molecule has 0 bridgehead atoms. The van der Waals surface area contributed by atoms with Crippen LogP contribution in [0.2, 0.25) is 0 Å². The SMILES string of the molecule is COc1cc(OC)nc(N2CCC[C@]3(CCC(=O)N(CCCO)C3)C2)n1. The second-order valence-corrected chi connectivity index (χ2v) is 7.17. The van der Waals surface area contributed by atoms with Crippen LogP contribution in [-0.2, 0) is 4.79 Å². The van der Waals surface area contributed by atoms with E-state index in [1.807, 2.05) is 4.90 Å². The number of aliphatic hydroxyl groups excluding tert-OH is 1. The number of anilines is 1. The summed E-state index contributed by atoms with van der Waals surface area (Å²) in [6.07, 6.45) is 4.21. The van der Waals surface area contributed by atoms with E-state index in [-0.39, 0.29) is 17.9 Å². The van der Waals surface area contributed by atoms with E-state index >= 15 is 0 Å². The number of methoxy groups -OCH3 is 2. The van der Waals surface area contributed by atoms with Crippen molar-refractivity contribution in [1.82, 2.24) is 14.9 Å². The van der Waals surface area contributed by atoms with Gasteiger partial charge in [0, 0.05) is 44.6 Å². The van der Waals surface area contributed by atoms with Crippen molar-refractivity contribution in [2.45, 2.75) is 32.1 Å². The topological polar surface area (TPSA) is 88.0 Å². The minimum Gasteiger partial charge on any atom is -0.481 e. The molecular formula is C18H28N4O4. The molecule has 1 N–H and O–H groups in total. The first-order valence-electron chi connectivity index (χ1n) is 9.20. The van der Waals surface area contributed by atoms with Crippen molar-refractivity contribution in [3.05, 3.63) is 6.07 Å². The first-order valence-corrected chi connectivity index (χ1v) is 9.20. The second-order valence-electron chi connectivity index (χ2n) is 7.17. The van der Waals surface area contributed by atoms with E-state index in [1.54, 1.807) is 20.3 Å². The summed E-state index contributed by atoms with van der Waals surface area (Å²) >= 11 is 0. The van der Waals surface area contributed by atoms with Crippen LogP contribution in [0.3, 0.4) is 0 Å². The monoisotopic (exact) mass is 364 g/mol. The molecule has 2 saturated heterocycles. The van der Waals surface area contributed by atoms with Gasteiger partial charge < -0.3 is 24.4 Å². The fourth-order valence-electron chi connectivity index (χ4n) is 4.02. The summed E-state index contributed by atoms with van der Waals surface area (Å²) in [5.41, 5.74) is 0.0568. The van der Waals surface area contributed by atoms with Gasteiger partial charge in [-0.15, -0.1) is 0 Å². The molecule has 2 fully saturated rings. The van der Waals surface area contributed by atoms with Gasteiger partial charge in [0.1, 0.15) is 0 Å². The number of aromatic nitrogens is 2. The third-order valence-electron chi connectivity index (χ3n) is 5.36. The molecule has 0 aromatic carbocycles. The summed E-state index contributed by atoms with van der Waals surface area (Å²) in [5.74, 6) is 1.77. The van der Waals surface area contributed by atoms with E-state index in [2.05, 4.69) is 14.9 Å². The molecule has 8 heteroatoms. The largest absolute Gasteiger partial charge is 0.481 e. The Balaban J connectivity index is 1.77. The molecular weight excluding hydrogens is 336 g/mol. The predicted molar refractivity (Wildman–Crippen MR) is 96.5 cm³/mol. The number of hydrogen-bond acceptors (Lipinski definition) is 7. The number of carbonyl (C=O) groups is 1. The number of ether oxygens (including phenoxy) is 2. The highest BCUT2D eigenvalue weighted by atomic mass is 16.5. The summed E-state index contributed by atoms with van der Waals surface area (Å²) in [4.78, 5) is 25.3. The van der Waals surface area contributed by atoms with Crippen LogP contribution < -0.4 is 14.4 Å². The Morgan fingerprint density at radius 1 is 1.19 bits per heavy atom. The maximum Gasteiger partial charge on any atom is 0.231 e. The van der Waals surface area contributed by atoms with E-state index in [0.717, 1.165) is 38.9 Å². The highest BCUT2D eigenvalue weighted by molar-refractivity contribution is 5.77. The van der Waals surface area contributed by atoms with E-state index < -0.39 is 0 Å². The molecule has 0 aliphatic carbocycles. The number of likely N-dealkylation sites (tertiary alicyclic amines) is 1. The average molecular weight is 364 g/mol. The van der Waals surface area contributed by atoms with Crippen molar-refractivity contribution in [2.75, 3.05) is 51.9 Å². The van der Waals surface area contributed by atoms with Crippen LogP contribution in [0.5, 0.6) is 11.8 Å². The lowest BCUT2D eigenvalue weighted by molar-refractivity contribution is -0.138. The highest BCUT2D eigenvalue weighted by Gasteiger charge is 2.42. The van der Waals surface area contributed by atoms with Crippen LogP contribution >= 0.6 is 0 Å². The van der Waals surface area contributed by atoms with Gasteiger partial charge in [-0.3, -0.25) is 4.79 Å². The fraction of sp³-hybridized carbons (Fsp3) is 0.722. The predicted octanol–water partition coefficient (Wildman–Crippen LogP) is 1.09. The molecule has 1 atom stereocenters. The number of carbonyl (C=O) groups excluding carboxylic acids is 1. The Bertz CT molecular complexity index is 619. The number of hydrogen-bond donors (Lipinski definition) is 1. The van der Waals surface area contributed by atoms with Gasteiger partial charge in [-0.1, -0.05) is 0 Å². The van der Waals surface area contributed by atoms with Gasteiger partial charge in [0.25, 0.3) is 0 Å². The number of aliphatic hydroxyl groups is 1. The summed E-state index contributed by atoms with van der Waals surface area (Å²) in [6.45, 7) is 3.17. The van der Waals surface area contributed by atoms with Gasteiger partial charge in [-0.25, -0.2) is 0 Å². The molecule has 3 rings (SSSR count). The molecule has 26 heavy (non-hydrogen) atoms. The van der Waals surface area contributed by atoms with Crippen LogP contribution in [-0.4, -0.2) is 72.9 Å². The highest BCUT2D eigenvalue weighted by Crippen LogP contribution is 2.40. The summed E-state index contributed by atoms with van der Waals surface area (Å²) in [5, 5.41) is 9.09. The molecule has 1 amide bonds. The Hall–Kier alpha value is -2.09. The van der Waals surface area contributed by atoms with Crippen molar-refractivity contribution in [3.8, 4) is 11.8 Å². The van der Waals surface area contributed by atoms with Crippen molar-refractivity contribution in [1.29, 1.82) is 0 Å². The maximum atomic E-state index is 12.2. The van der Waals surface area contributed by atoms with Gasteiger partial charge >= 0.3 is 0 Å². The standard InChI is InChI=1S/C18H28N4O4/c1-25-14-11-15(26-2)20-17(19-14)22-8-3-6-18(13-22)7-5-16(24)21(12-18)9-4-10-23/h11,23H,3-10,12-13H2,1-2H3/t18-/m1/s1. The van der Waals surface area contributed by atoms with E-state index in [9.17, 15) is 4.79 Å². The average Bonchev–Trinajstić information content (AvgIpc) is 2.68. The van der Waals surface area contributed by atoms with Crippen molar-refractivity contribution >= 4 is 11.9 Å². The number of piperidine rings is 2. The molecule has 0 saturated carbocycles. The first-order chi connectivity index (χ1) is 12.6. The Kier molecular flexibility index (Phi) is 5.80. The lowest BCUT2D eigenvalue weighted by Gasteiger charge is -2.48. The zero-order valence-electron chi connectivity index (χ0n) is 15.6.